The van der Waals surface area contributed by atoms with Crippen LogP contribution in [0.1, 0.15) is 47.2 Å². The lowest BCUT2D eigenvalue weighted by atomic mass is 9.87. The van der Waals surface area contributed by atoms with Crippen molar-refractivity contribution in [3.63, 3.8) is 0 Å². The quantitative estimate of drug-likeness (QED) is 0.684. The molecular formula is C23H23N3O2. The van der Waals surface area contributed by atoms with Gasteiger partial charge < -0.3 is 10.6 Å². The third kappa shape index (κ3) is 4.82. The lowest BCUT2D eigenvalue weighted by Gasteiger charge is -2.19. The number of carbonyl (C=O) groups is 2. The fraction of sp³-hybridized carbons (Fsp3) is 0.174. The van der Waals surface area contributed by atoms with E-state index in [1.165, 1.54) is 17.8 Å². The molecule has 28 heavy (non-hydrogen) atoms. The molecule has 0 atom stereocenters. The van der Waals surface area contributed by atoms with Gasteiger partial charge in [0, 0.05) is 23.1 Å². The van der Waals surface area contributed by atoms with Gasteiger partial charge in [-0.1, -0.05) is 51.1 Å². The minimum Gasteiger partial charge on any atom is -0.322 e. The van der Waals surface area contributed by atoms with Gasteiger partial charge in [-0.05, 0) is 47.4 Å². The summed E-state index contributed by atoms with van der Waals surface area (Å²) in [5, 5.41) is 5.62. The number of hydrogen-bond donors (Lipinski definition) is 2. The highest BCUT2D eigenvalue weighted by Crippen LogP contribution is 2.23. The zero-order valence-corrected chi connectivity index (χ0v) is 16.2. The van der Waals surface area contributed by atoms with E-state index in [1.807, 2.05) is 42.5 Å². The van der Waals surface area contributed by atoms with Crippen molar-refractivity contribution in [2.45, 2.75) is 26.2 Å². The van der Waals surface area contributed by atoms with Crippen molar-refractivity contribution in [2.75, 3.05) is 10.6 Å². The molecule has 3 rings (SSSR count). The zero-order chi connectivity index (χ0) is 20.1. The Morgan fingerprint density at radius 3 is 2.04 bits per heavy atom. The number of aromatic nitrogens is 1. The van der Waals surface area contributed by atoms with Crippen molar-refractivity contribution in [3.05, 3.63) is 89.7 Å². The van der Waals surface area contributed by atoms with Crippen LogP contribution < -0.4 is 10.6 Å². The van der Waals surface area contributed by atoms with Crippen LogP contribution >= 0.6 is 0 Å². The highest BCUT2D eigenvalue weighted by Gasteiger charge is 2.15. The lowest BCUT2D eigenvalue weighted by molar-refractivity contribution is 0.102. The highest BCUT2D eigenvalue weighted by molar-refractivity contribution is 6.07. The van der Waals surface area contributed by atoms with Gasteiger partial charge in [-0.15, -0.1) is 0 Å². The zero-order valence-electron chi connectivity index (χ0n) is 16.2. The van der Waals surface area contributed by atoms with E-state index in [-0.39, 0.29) is 22.9 Å². The average Bonchev–Trinajstić information content (AvgIpc) is 2.68. The third-order valence-electron chi connectivity index (χ3n) is 4.30. The number of benzene rings is 2. The first-order valence-electron chi connectivity index (χ1n) is 9.07. The maximum atomic E-state index is 12.6. The number of carbonyl (C=O) groups excluding carboxylic acids is 2. The van der Waals surface area contributed by atoms with Crippen LogP contribution in [0.25, 0.3) is 0 Å². The Morgan fingerprint density at radius 2 is 1.39 bits per heavy atom. The van der Waals surface area contributed by atoms with E-state index in [0.29, 0.717) is 16.9 Å². The number of nitrogens with one attached hydrogen (secondary N) is 2. The van der Waals surface area contributed by atoms with Crippen LogP contribution in [0, 0.1) is 0 Å². The van der Waals surface area contributed by atoms with Crippen molar-refractivity contribution < 1.29 is 9.59 Å². The van der Waals surface area contributed by atoms with Gasteiger partial charge in [0.2, 0.25) is 0 Å². The topological polar surface area (TPSA) is 71.1 Å². The second kappa shape index (κ2) is 8.05. The van der Waals surface area contributed by atoms with Crippen LogP contribution in [0.3, 0.4) is 0 Å². The Morgan fingerprint density at radius 1 is 0.786 bits per heavy atom. The molecule has 0 unspecified atom stereocenters. The van der Waals surface area contributed by atoms with Crippen molar-refractivity contribution in [3.8, 4) is 0 Å². The van der Waals surface area contributed by atoms with Gasteiger partial charge in [-0.3, -0.25) is 14.6 Å². The normalized spacial score (nSPS) is 11.0. The number of amides is 2. The molecule has 1 aromatic heterocycles. The fourth-order valence-electron chi connectivity index (χ4n) is 2.67. The van der Waals surface area contributed by atoms with Gasteiger partial charge >= 0.3 is 0 Å². The molecule has 0 saturated heterocycles. The molecule has 0 aliphatic heterocycles. The molecule has 2 aromatic carbocycles. The first kappa shape index (κ1) is 19.3. The third-order valence-corrected chi connectivity index (χ3v) is 4.30. The molecular weight excluding hydrogens is 350 g/mol. The van der Waals surface area contributed by atoms with Crippen molar-refractivity contribution >= 4 is 23.2 Å². The van der Waals surface area contributed by atoms with Gasteiger partial charge in [0.25, 0.3) is 11.8 Å². The Bertz CT molecular complexity index is 975. The van der Waals surface area contributed by atoms with Crippen LogP contribution in [0.4, 0.5) is 11.4 Å². The maximum Gasteiger partial charge on any atom is 0.274 e. The molecule has 2 amide bonds. The summed E-state index contributed by atoms with van der Waals surface area (Å²) in [6.45, 7) is 6.42. The van der Waals surface area contributed by atoms with Gasteiger partial charge in [0.05, 0.1) is 0 Å². The Kier molecular flexibility index (Phi) is 5.54. The summed E-state index contributed by atoms with van der Waals surface area (Å²) in [6, 6.07) is 19.9. The molecule has 3 aromatic rings. The number of nitrogens with zero attached hydrogens (tertiary/aromatic N) is 1. The maximum absolute atomic E-state index is 12.6. The van der Waals surface area contributed by atoms with Crippen LogP contribution in [0.2, 0.25) is 0 Å². The molecule has 0 saturated carbocycles. The molecule has 0 fully saturated rings. The second-order valence-electron chi connectivity index (χ2n) is 7.53. The summed E-state index contributed by atoms with van der Waals surface area (Å²) >= 11 is 0. The molecule has 0 aliphatic rings. The van der Waals surface area contributed by atoms with E-state index in [2.05, 4.69) is 36.4 Å². The summed E-state index contributed by atoms with van der Waals surface area (Å²) in [7, 11) is 0. The second-order valence-corrected chi connectivity index (χ2v) is 7.53. The molecule has 2 N–H and O–H groups in total. The molecule has 5 heteroatoms. The van der Waals surface area contributed by atoms with E-state index in [0.717, 1.165) is 0 Å². The van der Waals surface area contributed by atoms with E-state index in [1.54, 1.807) is 18.2 Å². The van der Waals surface area contributed by atoms with Crippen molar-refractivity contribution in [1.82, 2.24) is 4.98 Å². The van der Waals surface area contributed by atoms with E-state index >= 15 is 0 Å². The molecule has 0 bridgehead atoms. The van der Waals surface area contributed by atoms with Gasteiger partial charge in [0.15, 0.2) is 0 Å². The minimum atomic E-state index is -0.365. The SMILES string of the molecule is CC(C)(C)c1ccc(NC(=O)c2ccnc(C(=O)Nc3ccccc3)c2)cc1. The smallest absolute Gasteiger partial charge is 0.274 e. The van der Waals surface area contributed by atoms with Gasteiger partial charge in [0.1, 0.15) is 5.69 Å². The van der Waals surface area contributed by atoms with Crippen molar-refractivity contribution in [2.24, 2.45) is 0 Å². The van der Waals surface area contributed by atoms with Crippen LogP contribution in [0.15, 0.2) is 72.9 Å². The first-order chi connectivity index (χ1) is 13.3. The lowest BCUT2D eigenvalue weighted by Crippen LogP contribution is -2.17. The standard InChI is InChI=1S/C23H23N3O2/c1-23(2,3)17-9-11-19(12-10-17)25-21(27)16-13-14-24-20(15-16)22(28)26-18-7-5-4-6-8-18/h4-15H,1-3H3,(H,25,27)(H,26,28). The molecule has 5 nitrogen and oxygen atoms in total. The number of anilines is 2. The van der Waals surface area contributed by atoms with Gasteiger partial charge in [-0.2, -0.15) is 0 Å². The van der Waals surface area contributed by atoms with E-state index in [4.69, 9.17) is 0 Å². The number of pyridine rings is 1. The largest absolute Gasteiger partial charge is 0.322 e. The summed E-state index contributed by atoms with van der Waals surface area (Å²) in [5.74, 6) is -0.657. The van der Waals surface area contributed by atoms with Gasteiger partial charge in [-0.25, -0.2) is 0 Å². The summed E-state index contributed by atoms with van der Waals surface area (Å²) in [6.07, 6.45) is 1.46. The average molecular weight is 373 g/mol. The Hall–Kier alpha value is -3.47. The Labute approximate surface area is 164 Å². The van der Waals surface area contributed by atoms with Crippen LogP contribution in [-0.2, 0) is 5.41 Å². The predicted octanol–water partition coefficient (Wildman–Crippen LogP) is 4.88. The molecule has 0 aliphatic carbocycles. The van der Waals surface area contributed by atoms with E-state index in [9.17, 15) is 9.59 Å². The summed E-state index contributed by atoms with van der Waals surface area (Å²) < 4.78 is 0. The predicted molar refractivity (Wildman–Crippen MR) is 112 cm³/mol. The summed E-state index contributed by atoms with van der Waals surface area (Å²) in [5.41, 5.74) is 3.16. The summed E-state index contributed by atoms with van der Waals surface area (Å²) in [4.78, 5) is 29.0. The number of para-hydroxylation sites is 1. The molecule has 1 heterocycles. The monoisotopic (exact) mass is 373 g/mol. The van der Waals surface area contributed by atoms with E-state index < -0.39 is 0 Å². The molecule has 142 valence electrons. The van der Waals surface area contributed by atoms with Crippen molar-refractivity contribution in [1.29, 1.82) is 0 Å². The Balaban J connectivity index is 1.71. The van der Waals surface area contributed by atoms with Crippen LogP contribution in [0.5, 0.6) is 0 Å². The molecule has 0 spiro atoms. The fourth-order valence-corrected chi connectivity index (χ4v) is 2.67. The minimum absolute atomic E-state index is 0.0503. The first-order valence-corrected chi connectivity index (χ1v) is 9.07. The molecule has 0 radical (unpaired) electrons. The number of rotatable bonds is 4. The number of hydrogen-bond acceptors (Lipinski definition) is 3. The highest BCUT2D eigenvalue weighted by atomic mass is 16.2. The van der Waals surface area contributed by atoms with Crippen LogP contribution in [-0.4, -0.2) is 16.8 Å².